The molecule has 1 heterocycles. The first-order valence-electron chi connectivity index (χ1n) is 7.68. The van der Waals surface area contributed by atoms with Gasteiger partial charge in [0.2, 0.25) is 5.91 Å². The molecule has 1 aliphatic carbocycles. The number of rotatable bonds is 6. The minimum absolute atomic E-state index is 0.265. The molecule has 2 rings (SSSR count). The summed E-state index contributed by atoms with van der Waals surface area (Å²) in [5.41, 5.74) is 6.17. The van der Waals surface area contributed by atoms with Crippen LogP contribution in [0.5, 0.6) is 0 Å². The molecule has 1 aliphatic rings. The largest absolute Gasteiger partial charge is 0.366 e. The van der Waals surface area contributed by atoms with Gasteiger partial charge in [-0.05, 0) is 38.9 Å². The minimum atomic E-state index is -0.344. The van der Waals surface area contributed by atoms with Crippen LogP contribution in [-0.4, -0.2) is 37.0 Å². The smallest absolute Gasteiger partial charge is 0.249 e. The normalized spacial score (nSPS) is 26.2. The van der Waals surface area contributed by atoms with Crippen molar-refractivity contribution < 1.29 is 4.79 Å². The van der Waals surface area contributed by atoms with Crippen LogP contribution >= 0.6 is 11.3 Å². The monoisotopic (exact) mass is 309 g/mol. The highest BCUT2D eigenvalue weighted by Gasteiger charge is 2.36. The molecule has 118 valence electrons. The Morgan fingerprint density at radius 3 is 2.90 bits per heavy atom. The number of nitrogens with zero attached hydrogens (tertiary/aromatic N) is 1. The van der Waals surface area contributed by atoms with Gasteiger partial charge in [-0.25, -0.2) is 0 Å². The molecular weight excluding hydrogens is 282 g/mol. The molecular formula is C16H27N3OS. The fraction of sp³-hybridized carbons (Fsp3) is 0.688. The molecule has 0 aliphatic heterocycles. The number of carbonyl (C=O) groups is 1. The maximum atomic E-state index is 11.1. The summed E-state index contributed by atoms with van der Waals surface area (Å²) < 4.78 is 0. The molecule has 0 spiro atoms. The third kappa shape index (κ3) is 4.05. The van der Waals surface area contributed by atoms with E-state index < -0.39 is 0 Å². The van der Waals surface area contributed by atoms with E-state index in [2.05, 4.69) is 31.2 Å². The number of amides is 1. The van der Waals surface area contributed by atoms with E-state index in [-0.39, 0.29) is 11.4 Å². The second kappa shape index (κ2) is 6.90. The lowest BCUT2D eigenvalue weighted by Gasteiger charge is -2.45. The molecule has 5 heteroatoms. The zero-order valence-corrected chi connectivity index (χ0v) is 14.1. The first-order valence-corrected chi connectivity index (χ1v) is 8.56. The van der Waals surface area contributed by atoms with Crippen molar-refractivity contribution in [3.8, 4) is 0 Å². The Bertz CT molecular complexity index is 486. The Morgan fingerprint density at radius 1 is 1.57 bits per heavy atom. The maximum Gasteiger partial charge on any atom is 0.249 e. The van der Waals surface area contributed by atoms with Gasteiger partial charge >= 0.3 is 0 Å². The molecule has 0 aromatic carbocycles. The first-order chi connectivity index (χ1) is 9.93. The summed E-state index contributed by atoms with van der Waals surface area (Å²) in [6.45, 7) is 4.16. The first kappa shape index (κ1) is 16.5. The van der Waals surface area contributed by atoms with Crippen LogP contribution in [0.4, 0.5) is 0 Å². The van der Waals surface area contributed by atoms with Crippen LogP contribution < -0.4 is 11.1 Å². The van der Waals surface area contributed by atoms with Crippen molar-refractivity contribution in [2.45, 2.75) is 44.7 Å². The van der Waals surface area contributed by atoms with Crippen LogP contribution in [0.1, 0.15) is 47.8 Å². The quantitative estimate of drug-likeness (QED) is 0.848. The Kier molecular flexibility index (Phi) is 5.41. The molecule has 2 unspecified atom stereocenters. The molecule has 1 aromatic heterocycles. The highest BCUT2D eigenvalue weighted by molar-refractivity contribution is 7.10. The maximum absolute atomic E-state index is 11.1. The topological polar surface area (TPSA) is 58.4 Å². The lowest BCUT2D eigenvalue weighted by molar-refractivity contribution is 0.0750. The van der Waals surface area contributed by atoms with Gasteiger partial charge in [-0.3, -0.25) is 4.79 Å². The van der Waals surface area contributed by atoms with Crippen LogP contribution in [0.25, 0.3) is 0 Å². The van der Waals surface area contributed by atoms with Crippen LogP contribution in [-0.2, 0) is 6.54 Å². The van der Waals surface area contributed by atoms with Gasteiger partial charge < -0.3 is 16.0 Å². The van der Waals surface area contributed by atoms with Gasteiger partial charge in [-0.15, -0.1) is 11.3 Å². The van der Waals surface area contributed by atoms with Gasteiger partial charge in [0.25, 0.3) is 0 Å². The lowest BCUT2D eigenvalue weighted by atomic mass is 9.75. The number of hydrogen-bond donors (Lipinski definition) is 2. The highest BCUT2D eigenvalue weighted by atomic mass is 32.1. The van der Waals surface area contributed by atoms with Crippen LogP contribution in [0.3, 0.4) is 0 Å². The third-order valence-electron chi connectivity index (χ3n) is 4.71. The predicted molar refractivity (Wildman–Crippen MR) is 88.6 cm³/mol. The minimum Gasteiger partial charge on any atom is -0.366 e. The van der Waals surface area contributed by atoms with Crippen LogP contribution in [0.15, 0.2) is 11.4 Å². The molecule has 1 amide bonds. The number of nitrogens with two attached hydrogens (primary N) is 1. The summed E-state index contributed by atoms with van der Waals surface area (Å²) in [7, 11) is 4.38. The molecule has 21 heavy (non-hydrogen) atoms. The molecule has 0 saturated heterocycles. The molecule has 3 N–H and O–H groups in total. The van der Waals surface area contributed by atoms with Gasteiger partial charge in [0.05, 0.1) is 5.56 Å². The lowest BCUT2D eigenvalue weighted by Crippen LogP contribution is -2.54. The van der Waals surface area contributed by atoms with Gasteiger partial charge in [-0.2, -0.15) is 0 Å². The fourth-order valence-corrected chi connectivity index (χ4v) is 4.22. The Morgan fingerprint density at radius 2 is 2.33 bits per heavy atom. The van der Waals surface area contributed by atoms with E-state index in [1.165, 1.54) is 30.6 Å². The van der Waals surface area contributed by atoms with Gasteiger partial charge in [0, 0.05) is 28.9 Å². The molecule has 1 fully saturated rings. The van der Waals surface area contributed by atoms with Gasteiger partial charge in [0.1, 0.15) is 0 Å². The molecule has 2 atom stereocenters. The zero-order chi connectivity index (χ0) is 15.5. The number of likely N-dealkylation sites (N-methyl/N-ethyl adjacent to an activating group) is 1. The SMILES string of the molecule is CC1CCCC(CNCc2cc(C(N)=O)cs2)(N(C)C)C1. The average Bonchev–Trinajstić information content (AvgIpc) is 2.87. The summed E-state index contributed by atoms with van der Waals surface area (Å²) in [5.74, 6) is 0.453. The number of primary amides is 1. The van der Waals surface area contributed by atoms with E-state index in [1.54, 1.807) is 11.3 Å². The fourth-order valence-electron chi connectivity index (χ4n) is 3.38. The Labute approximate surface area is 131 Å². The summed E-state index contributed by atoms with van der Waals surface area (Å²) in [4.78, 5) is 14.7. The summed E-state index contributed by atoms with van der Waals surface area (Å²) in [6, 6.07) is 1.89. The molecule has 1 saturated carbocycles. The van der Waals surface area contributed by atoms with Crippen molar-refractivity contribution in [3.63, 3.8) is 0 Å². The van der Waals surface area contributed by atoms with Crippen LogP contribution in [0.2, 0.25) is 0 Å². The number of carbonyl (C=O) groups excluding carboxylic acids is 1. The number of hydrogen-bond acceptors (Lipinski definition) is 4. The standard InChI is InChI=1S/C16H27N3OS/c1-12-5-4-6-16(8-12,19(2)3)11-18-9-14-7-13(10-21-14)15(17)20/h7,10,12,18H,4-6,8-9,11H2,1-3H3,(H2,17,20). The predicted octanol–water partition coefficient (Wildman–Crippen LogP) is 2.45. The van der Waals surface area contributed by atoms with Crippen molar-refractivity contribution in [3.05, 3.63) is 21.9 Å². The van der Waals surface area contributed by atoms with Crippen molar-refractivity contribution >= 4 is 17.2 Å². The van der Waals surface area contributed by atoms with Gasteiger partial charge in [0.15, 0.2) is 0 Å². The van der Waals surface area contributed by atoms with Crippen molar-refractivity contribution in [2.24, 2.45) is 11.7 Å². The second-order valence-corrected chi connectivity index (χ2v) is 7.59. The molecule has 1 aromatic rings. The average molecular weight is 309 g/mol. The van der Waals surface area contributed by atoms with Crippen molar-refractivity contribution in [1.29, 1.82) is 0 Å². The second-order valence-electron chi connectivity index (χ2n) is 6.59. The van der Waals surface area contributed by atoms with E-state index in [4.69, 9.17) is 5.73 Å². The highest BCUT2D eigenvalue weighted by Crippen LogP contribution is 2.35. The summed E-state index contributed by atoms with van der Waals surface area (Å²) in [6.07, 6.45) is 5.17. The summed E-state index contributed by atoms with van der Waals surface area (Å²) in [5, 5.41) is 5.42. The van der Waals surface area contributed by atoms with Gasteiger partial charge in [-0.1, -0.05) is 19.8 Å². The Balaban J connectivity index is 1.91. The van der Waals surface area contributed by atoms with Crippen molar-refractivity contribution in [2.75, 3.05) is 20.6 Å². The van der Waals surface area contributed by atoms with Crippen LogP contribution in [0, 0.1) is 5.92 Å². The molecule has 4 nitrogen and oxygen atoms in total. The zero-order valence-electron chi connectivity index (χ0n) is 13.3. The molecule has 0 bridgehead atoms. The molecule has 0 radical (unpaired) electrons. The number of nitrogens with one attached hydrogen (secondary N) is 1. The van der Waals surface area contributed by atoms with E-state index in [1.807, 2.05) is 11.4 Å². The third-order valence-corrected chi connectivity index (χ3v) is 5.64. The van der Waals surface area contributed by atoms with E-state index in [9.17, 15) is 4.79 Å². The Hall–Kier alpha value is -0.910. The number of thiophene rings is 1. The van der Waals surface area contributed by atoms with E-state index >= 15 is 0 Å². The van der Waals surface area contributed by atoms with E-state index in [0.717, 1.165) is 19.0 Å². The summed E-state index contributed by atoms with van der Waals surface area (Å²) >= 11 is 1.60. The van der Waals surface area contributed by atoms with Crippen molar-refractivity contribution in [1.82, 2.24) is 10.2 Å². The van der Waals surface area contributed by atoms with E-state index in [0.29, 0.717) is 5.56 Å².